The molecule has 1 aliphatic rings. The molecule has 4 aromatic rings. The van der Waals surface area contributed by atoms with E-state index in [4.69, 9.17) is 8.94 Å². The quantitative estimate of drug-likeness (QED) is 0.437. The highest BCUT2D eigenvalue weighted by molar-refractivity contribution is 5.86. The third-order valence-corrected chi connectivity index (χ3v) is 5.79. The standard InChI is InChI=1S/C23H19F3N4O3/c24-23(25,26)16-9-7-14(8-10-16)21-27-28-22(32-21)15-4-3-11-30(13-15)20(31)12-18-17-5-1-2-6-19(17)33-29-18/h1-2,5-10,15H,3-4,11-13H2. The van der Waals surface area contributed by atoms with E-state index in [1.807, 2.05) is 18.2 Å². The van der Waals surface area contributed by atoms with Crippen molar-refractivity contribution >= 4 is 16.9 Å². The lowest BCUT2D eigenvalue weighted by Gasteiger charge is -2.31. The molecule has 1 atom stereocenters. The number of aromatic nitrogens is 3. The molecule has 2 aromatic carbocycles. The molecule has 1 aliphatic heterocycles. The fourth-order valence-corrected chi connectivity index (χ4v) is 4.04. The van der Waals surface area contributed by atoms with Crippen LogP contribution in [0.5, 0.6) is 0 Å². The van der Waals surface area contributed by atoms with Gasteiger partial charge in [0.05, 0.1) is 17.9 Å². The Bertz CT molecular complexity index is 1280. The molecule has 0 N–H and O–H groups in total. The Morgan fingerprint density at radius 3 is 2.67 bits per heavy atom. The maximum Gasteiger partial charge on any atom is 0.416 e. The summed E-state index contributed by atoms with van der Waals surface area (Å²) in [4.78, 5) is 14.7. The highest BCUT2D eigenvalue weighted by atomic mass is 19.4. The van der Waals surface area contributed by atoms with Gasteiger partial charge in [0.1, 0.15) is 5.69 Å². The first-order valence-corrected chi connectivity index (χ1v) is 10.5. The molecule has 0 spiro atoms. The van der Waals surface area contributed by atoms with Gasteiger partial charge < -0.3 is 13.8 Å². The number of carbonyl (C=O) groups excluding carboxylic acids is 1. The second-order valence-electron chi connectivity index (χ2n) is 8.00. The van der Waals surface area contributed by atoms with Crippen LogP contribution < -0.4 is 0 Å². The number of rotatable bonds is 4. The average molecular weight is 456 g/mol. The fourth-order valence-electron chi connectivity index (χ4n) is 4.04. The third-order valence-electron chi connectivity index (χ3n) is 5.79. The number of hydrogen-bond acceptors (Lipinski definition) is 6. The number of nitrogens with zero attached hydrogens (tertiary/aromatic N) is 4. The molecule has 1 saturated heterocycles. The summed E-state index contributed by atoms with van der Waals surface area (Å²) < 4.78 is 49.4. The molecule has 3 heterocycles. The van der Waals surface area contributed by atoms with Crippen molar-refractivity contribution in [2.45, 2.75) is 31.4 Å². The Morgan fingerprint density at radius 2 is 1.88 bits per heavy atom. The van der Waals surface area contributed by atoms with Crippen LogP contribution in [0.25, 0.3) is 22.4 Å². The van der Waals surface area contributed by atoms with Crippen LogP contribution in [-0.2, 0) is 17.4 Å². The van der Waals surface area contributed by atoms with E-state index in [2.05, 4.69) is 15.4 Å². The Kier molecular flexibility index (Phi) is 5.35. The number of likely N-dealkylation sites (tertiary alicyclic amines) is 1. The smallest absolute Gasteiger partial charge is 0.416 e. The molecule has 1 fully saturated rings. The number of alkyl halides is 3. The van der Waals surface area contributed by atoms with Crippen molar-refractivity contribution in [3.8, 4) is 11.5 Å². The minimum atomic E-state index is -4.41. The number of para-hydroxylation sites is 1. The molecule has 0 bridgehead atoms. The van der Waals surface area contributed by atoms with E-state index < -0.39 is 11.7 Å². The van der Waals surface area contributed by atoms with Gasteiger partial charge in [-0.15, -0.1) is 10.2 Å². The van der Waals surface area contributed by atoms with Gasteiger partial charge in [-0.25, -0.2) is 0 Å². The van der Waals surface area contributed by atoms with E-state index in [0.29, 0.717) is 35.8 Å². The van der Waals surface area contributed by atoms with Gasteiger partial charge in [0.15, 0.2) is 5.58 Å². The number of halogens is 3. The minimum absolute atomic E-state index is 0.0683. The number of benzene rings is 2. The molecule has 0 aliphatic carbocycles. The molecule has 1 unspecified atom stereocenters. The van der Waals surface area contributed by atoms with Crippen molar-refractivity contribution in [3.63, 3.8) is 0 Å². The van der Waals surface area contributed by atoms with Crippen molar-refractivity contribution in [2.24, 2.45) is 0 Å². The summed E-state index contributed by atoms with van der Waals surface area (Å²) in [7, 11) is 0. The third kappa shape index (κ3) is 4.33. The number of fused-ring (bicyclic) bond motifs is 1. The van der Waals surface area contributed by atoms with Gasteiger partial charge >= 0.3 is 6.18 Å². The van der Waals surface area contributed by atoms with E-state index in [1.54, 1.807) is 11.0 Å². The first kappa shape index (κ1) is 21.2. The van der Waals surface area contributed by atoms with E-state index in [1.165, 1.54) is 12.1 Å². The van der Waals surface area contributed by atoms with Crippen LogP contribution in [0.2, 0.25) is 0 Å². The van der Waals surface area contributed by atoms with Crippen molar-refractivity contribution in [3.05, 3.63) is 65.7 Å². The SMILES string of the molecule is O=C(Cc1noc2ccccc12)N1CCCC(c2nnc(-c3ccc(C(F)(F)F)cc3)o2)C1. The predicted molar refractivity (Wildman–Crippen MR) is 111 cm³/mol. The number of hydrogen-bond donors (Lipinski definition) is 0. The topological polar surface area (TPSA) is 85.3 Å². The van der Waals surface area contributed by atoms with Crippen molar-refractivity contribution in [1.82, 2.24) is 20.3 Å². The van der Waals surface area contributed by atoms with Crippen molar-refractivity contribution in [2.75, 3.05) is 13.1 Å². The molecule has 2 aromatic heterocycles. The largest absolute Gasteiger partial charge is 0.420 e. The minimum Gasteiger partial charge on any atom is -0.420 e. The zero-order chi connectivity index (χ0) is 23.0. The summed E-state index contributed by atoms with van der Waals surface area (Å²) in [5.41, 5.74) is 0.897. The van der Waals surface area contributed by atoms with E-state index >= 15 is 0 Å². The monoisotopic (exact) mass is 456 g/mol. The maximum atomic E-state index is 12.9. The van der Waals surface area contributed by atoms with Crippen LogP contribution in [-0.4, -0.2) is 39.3 Å². The first-order chi connectivity index (χ1) is 15.9. The molecular formula is C23H19F3N4O3. The zero-order valence-corrected chi connectivity index (χ0v) is 17.4. The number of carbonyl (C=O) groups is 1. The van der Waals surface area contributed by atoms with E-state index in [0.717, 1.165) is 30.4 Å². The molecule has 1 amide bonds. The van der Waals surface area contributed by atoms with Crippen LogP contribution in [0.15, 0.2) is 57.5 Å². The molecule has 7 nitrogen and oxygen atoms in total. The summed E-state index contributed by atoms with van der Waals surface area (Å²) in [6.07, 6.45) is -2.74. The molecule has 5 rings (SSSR count). The van der Waals surface area contributed by atoms with Crippen molar-refractivity contribution in [1.29, 1.82) is 0 Å². The molecular weight excluding hydrogens is 437 g/mol. The average Bonchev–Trinajstić information content (AvgIpc) is 3.47. The number of amides is 1. The predicted octanol–water partition coefficient (Wildman–Crippen LogP) is 4.85. The van der Waals surface area contributed by atoms with Crippen LogP contribution >= 0.6 is 0 Å². The number of piperidine rings is 1. The van der Waals surface area contributed by atoms with Crippen LogP contribution in [0.1, 0.15) is 35.9 Å². The summed E-state index contributed by atoms with van der Waals surface area (Å²) in [5, 5.41) is 12.9. The van der Waals surface area contributed by atoms with Crippen LogP contribution in [0, 0.1) is 0 Å². The fraction of sp³-hybridized carbons (Fsp3) is 0.304. The Balaban J connectivity index is 1.27. The normalized spacial score (nSPS) is 16.9. The lowest BCUT2D eigenvalue weighted by atomic mass is 9.97. The summed E-state index contributed by atoms with van der Waals surface area (Å²) in [6, 6.07) is 12.0. The van der Waals surface area contributed by atoms with Crippen molar-refractivity contribution < 1.29 is 26.9 Å². The molecule has 33 heavy (non-hydrogen) atoms. The highest BCUT2D eigenvalue weighted by Crippen LogP contribution is 2.32. The molecule has 0 saturated carbocycles. The summed E-state index contributed by atoms with van der Waals surface area (Å²) >= 11 is 0. The van der Waals surface area contributed by atoms with Gasteiger partial charge in [0.25, 0.3) is 0 Å². The molecule has 0 radical (unpaired) electrons. The van der Waals surface area contributed by atoms with Gasteiger partial charge in [-0.1, -0.05) is 17.3 Å². The second kappa shape index (κ2) is 8.34. The molecule has 170 valence electrons. The van der Waals surface area contributed by atoms with E-state index in [9.17, 15) is 18.0 Å². The maximum absolute atomic E-state index is 12.9. The van der Waals surface area contributed by atoms with Crippen LogP contribution in [0.4, 0.5) is 13.2 Å². The first-order valence-electron chi connectivity index (χ1n) is 10.5. The Labute approximate surface area is 186 Å². The Hall–Kier alpha value is -3.69. The van der Waals surface area contributed by atoms with Gasteiger partial charge in [0, 0.05) is 24.0 Å². The van der Waals surface area contributed by atoms with Crippen LogP contribution in [0.3, 0.4) is 0 Å². The van der Waals surface area contributed by atoms with E-state index in [-0.39, 0.29) is 24.1 Å². The summed E-state index contributed by atoms with van der Waals surface area (Å²) in [5.74, 6) is 0.305. The lowest BCUT2D eigenvalue weighted by Crippen LogP contribution is -2.40. The van der Waals surface area contributed by atoms with Gasteiger partial charge in [-0.05, 0) is 49.2 Å². The summed E-state index contributed by atoms with van der Waals surface area (Å²) in [6.45, 7) is 1.04. The highest BCUT2D eigenvalue weighted by Gasteiger charge is 2.31. The van der Waals surface area contributed by atoms with Gasteiger partial charge in [-0.2, -0.15) is 13.2 Å². The lowest BCUT2D eigenvalue weighted by molar-refractivity contribution is -0.137. The van der Waals surface area contributed by atoms with Gasteiger partial charge in [-0.3, -0.25) is 4.79 Å². The second-order valence-corrected chi connectivity index (χ2v) is 8.00. The Morgan fingerprint density at radius 1 is 1.09 bits per heavy atom. The van der Waals surface area contributed by atoms with Gasteiger partial charge in [0.2, 0.25) is 17.7 Å². The molecule has 10 heteroatoms. The zero-order valence-electron chi connectivity index (χ0n) is 17.4.